The number of benzene rings is 1. The number of fused-ring (bicyclic) bond motifs is 1. The summed E-state index contributed by atoms with van der Waals surface area (Å²) in [4.78, 5) is 37.9. The topological polar surface area (TPSA) is 80.5 Å². The van der Waals surface area contributed by atoms with Crippen LogP contribution >= 0.6 is 0 Å². The summed E-state index contributed by atoms with van der Waals surface area (Å²) in [6.45, 7) is 3.61. The van der Waals surface area contributed by atoms with Crippen LogP contribution in [0.3, 0.4) is 0 Å². The van der Waals surface area contributed by atoms with E-state index in [-0.39, 0.29) is 46.9 Å². The number of hydrogen-bond acceptors (Lipinski definition) is 4. The lowest BCUT2D eigenvalue weighted by Gasteiger charge is -2.38. The third kappa shape index (κ3) is 1.89. The molecular formula is C18H18N2O4. The van der Waals surface area contributed by atoms with Gasteiger partial charge in [-0.1, -0.05) is 12.2 Å². The molecule has 0 radical (unpaired) electrons. The number of allylic oxidation sites excluding steroid dienone is 2. The van der Waals surface area contributed by atoms with Gasteiger partial charge < -0.3 is 0 Å². The molecule has 1 heterocycles. The number of anilines is 1. The Morgan fingerprint density at radius 2 is 1.50 bits per heavy atom. The van der Waals surface area contributed by atoms with Crippen LogP contribution in [0.5, 0.6) is 0 Å². The van der Waals surface area contributed by atoms with Gasteiger partial charge in [-0.05, 0) is 55.7 Å². The predicted octanol–water partition coefficient (Wildman–Crippen LogP) is 2.91. The maximum atomic E-state index is 13.0. The molecule has 2 amide bonds. The van der Waals surface area contributed by atoms with Crippen molar-refractivity contribution in [2.45, 2.75) is 26.7 Å². The van der Waals surface area contributed by atoms with Crippen LogP contribution in [0, 0.1) is 47.6 Å². The number of aryl methyl sites for hydroxylation is 2. The molecule has 5 rings (SSSR count). The molecule has 6 nitrogen and oxygen atoms in total. The third-order valence-corrected chi connectivity index (χ3v) is 5.79. The minimum Gasteiger partial charge on any atom is -0.274 e. The second kappa shape index (κ2) is 5.00. The van der Waals surface area contributed by atoms with Crippen LogP contribution in [0.2, 0.25) is 0 Å². The van der Waals surface area contributed by atoms with Gasteiger partial charge in [0, 0.05) is 6.07 Å². The number of imide groups is 1. The first-order valence-electron chi connectivity index (χ1n) is 8.22. The van der Waals surface area contributed by atoms with Crippen molar-refractivity contribution in [3.05, 3.63) is 45.5 Å². The van der Waals surface area contributed by atoms with E-state index in [0.29, 0.717) is 0 Å². The zero-order valence-electron chi connectivity index (χ0n) is 13.6. The molecule has 0 spiro atoms. The van der Waals surface area contributed by atoms with Crippen molar-refractivity contribution in [3.8, 4) is 0 Å². The second-order valence-electron chi connectivity index (χ2n) is 7.04. The molecule has 1 saturated carbocycles. The summed E-state index contributed by atoms with van der Waals surface area (Å²) in [5, 5.41) is 11.5. The number of carbonyl (C=O) groups is 2. The van der Waals surface area contributed by atoms with Crippen molar-refractivity contribution in [1.29, 1.82) is 0 Å². The summed E-state index contributed by atoms with van der Waals surface area (Å²) >= 11 is 0. The Hall–Kier alpha value is -2.50. The smallest absolute Gasteiger partial charge is 0.274 e. The fourth-order valence-electron chi connectivity index (χ4n) is 4.42. The second-order valence-corrected chi connectivity index (χ2v) is 7.04. The Bertz CT molecular complexity index is 781. The van der Waals surface area contributed by atoms with Crippen LogP contribution in [-0.4, -0.2) is 16.7 Å². The van der Waals surface area contributed by atoms with Gasteiger partial charge in [0.05, 0.1) is 16.8 Å². The molecule has 6 heteroatoms. The highest BCUT2D eigenvalue weighted by atomic mass is 16.6. The molecule has 0 aromatic heterocycles. The van der Waals surface area contributed by atoms with Gasteiger partial charge in [0.15, 0.2) is 0 Å². The fourth-order valence-corrected chi connectivity index (χ4v) is 4.42. The average molecular weight is 326 g/mol. The summed E-state index contributed by atoms with van der Waals surface area (Å²) < 4.78 is 0. The van der Waals surface area contributed by atoms with Gasteiger partial charge in [0.2, 0.25) is 11.8 Å². The highest BCUT2D eigenvalue weighted by molar-refractivity contribution is 6.23. The van der Waals surface area contributed by atoms with Crippen LogP contribution in [0.4, 0.5) is 11.4 Å². The Morgan fingerprint density at radius 1 is 1.00 bits per heavy atom. The van der Waals surface area contributed by atoms with Gasteiger partial charge >= 0.3 is 0 Å². The van der Waals surface area contributed by atoms with Crippen molar-refractivity contribution in [1.82, 2.24) is 0 Å². The maximum absolute atomic E-state index is 13.0. The molecule has 1 saturated heterocycles. The Balaban J connectivity index is 1.84. The highest BCUT2D eigenvalue weighted by Gasteiger charge is 2.57. The zero-order valence-corrected chi connectivity index (χ0v) is 13.6. The lowest BCUT2D eigenvalue weighted by molar-refractivity contribution is -0.384. The first-order valence-corrected chi connectivity index (χ1v) is 8.22. The molecule has 4 atom stereocenters. The molecule has 1 aromatic carbocycles. The summed E-state index contributed by atoms with van der Waals surface area (Å²) in [5.41, 5.74) is 1.53. The highest BCUT2D eigenvalue weighted by Crippen LogP contribution is 2.51. The summed E-state index contributed by atoms with van der Waals surface area (Å²) in [6, 6.07) is 3.04. The van der Waals surface area contributed by atoms with E-state index in [1.54, 1.807) is 13.0 Å². The summed E-state index contributed by atoms with van der Waals surface area (Å²) in [6.07, 6.45) is 5.89. The van der Waals surface area contributed by atoms with Crippen molar-refractivity contribution in [2.24, 2.45) is 23.7 Å². The molecule has 0 N–H and O–H groups in total. The van der Waals surface area contributed by atoms with Crippen molar-refractivity contribution in [3.63, 3.8) is 0 Å². The van der Waals surface area contributed by atoms with E-state index in [0.717, 1.165) is 28.9 Å². The van der Waals surface area contributed by atoms with Crippen LogP contribution < -0.4 is 4.90 Å². The van der Waals surface area contributed by atoms with E-state index in [9.17, 15) is 19.7 Å². The predicted molar refractivity (Wildman–Crippen MR) is 87.4 cm³/mol. The van der Waals surface area contributed by atoms with Gasteiger partial charge in [-0.15, -0.1) is 0 Å². The van der Waals surface area contributed by atoms with E-state index in [1.807, 2.05) is 19.1 Å². The van der Waals surface area contributed by atoms with Crippen molar-refractivity contribution < 1.29 is 14.5 Å². The molecule has 2 bridgehead atoms. The fraction of sp³-hybridized carbons (Fsp3) is 0.444. The molecule has 3 aliphatic carbocycles. The summed E-state index contributed by atoms with van der Waals surface area (Å²) in [5.74, 6) is -1.13. The van der Waals surface area contributed by atoms with E-state index < -0.39 is 4.92 Å². The number of nitro benzene ring substituents is 1. The first-order chi connectivity index (χ1) is 11.4. The standard InChI is InChI=1S/C18H18N2O4/c1-9-7-13(14(20(23)24)8-10(9)2)19-17(21)15-11-3-4-12(6-5-11)16(15)18(19)22/h3-4,7-8,11-12,15-16H,5-6H2,1-2H3/t11-,12-,15+,16+/m1/s1. The van der Waals surface area contributed by atoms with Gasteiger partial charge in [0.1, 0.15) is 5.69 Å². The van der Waals surface area contributed by atoms with E-state index in [1.165, 1.54) is 6.07 Å². The third-order valence-electron chi connectivity index (χ3n) is 5.79. The number of amides is 2. The monoisotopic (exact) mass is 326 g/mol. The number of nitro groups is 1. The number of rotatable bonds is 2. The minimum atomic E-state index is -0.517. The van der Waals surface area contributed by atoms with E-state index in [2.05, 4.69) is 0 Å². The van der Waals surface area contributed by atoms with E-state index in [4.69, 9.17) is 0 Å². The molecule has 24 heavy (non-hydrogen) atoms. The van der Waals surface area contributed by atoms with Gasteiger partial charge in [-0.2, -0.15) is 0 Å². The largest absolute Gasteiger partial charge is 0.293 e. The molecular weight excluding hydrogens is 308 g/mol. The minimum absolute atomic E-state index is 0.0760. The quantitative estimate of drug-likeness (QED) is 0.362. The van der Waals surface area contributed by atoms with Crippen LogP contribution in [0.1, 0.15) is 24.0 Å². The van der Waals surface area contributed by atoms with Crippen molar-refractivity contribution in [2.75, 3.05) is 4.90 Å². The molecule has 2 fully saturated rings. The number of carbonyl (C=O) groups excluding carboxylic acids is 2. The zero-order chi connectivity index (χ0) is 17.2. The van der Waals surface area contributed by atoms with Gasteiger partial charge in [0.25, 0.3) is 5.69 Å². The van der Waals surface area contributed by atoms with E-state index >= 15 is 0 Å². The molecule has 4 aliphatic rings. The Labute approximate surface area is 139 Å². The van der Waals surface area contributed by atoms with Crippen LogP contribution in [0.15, 0.2) is 24.3 Å². The molecule has 1 aromatic rings. The number of hydrogen-bond donors (Lipinski definition) is 0. The first kappa shape index (κ1) is 15.1. The van der Waals surface area contributed by atoms with Crippen LogP contribution in [0.25, 0.3) is 0 Å². The molecule has 0 unspecified atom stereocenters. The lowest BCUT2D eigenvalue weighted by Crippen LogP contribution is -2.38. The maximum Gasteiger partial charge on any atom is 0.293 e. The molecule has 124 valence electrons. The Morgan fingerprint density at radius 3 is 1.96 bits per heavy atom. The van der Waals surface area contributed by atoms with Crippen molar-refractivity contribution >= 4 is 23.2 Å². The Kier molecular flexibility index (Phi) is 3.13. The van der Waals surface area contributed by atoms with Gasteiger partial charge in [-0.25, -0.2) is 4.90 Å². The average Bonchev–Trinajstić information content (AvgIpc) is 2.84. The SMILES string of the molecule is Cc1cc(N2C(=O)[C@@H]3[C@@H](C2=O)[C@@H]2C=C[C@@H]3CC2)c([N+](=O)[O-])cc1C. The van der Waals surface area contributed by atoms with Gasteiger partial charge in [-0.3, -0.25) is 19.7 Å². The molecule has 1 aliphatic heterocycles. The normalized spacial score (nSPS) is 30.8. The number of nitrogens with zero attached hydrogens (tertiary/aromatic N) is 2. The summed E-state index contributed by atoms with van der Waals surface area (Å²) in [7, 11) is 0. The van der Waals surface area contributed by atoms with Crippen LogP contribution in [-0.2, 0) is 9.59 Å². The lowest BCUT2D eigenvalue weighted by atomic mass is 9.63.